The number of hydrogen-bond donors (Lipinski definition) is 3. The smallest absolute Gasteiger partial charge is 0.267 e. The van der Waals surface area contributed by atoms with E-state index in [0.717, 1.165) is 0 Å². The van der Waals surface area contributed by atoms with Gasteiger partial charge in [0.05, 0.1) is 5.69 Å². The van der Waals surface area contributed by atoms with Crippen LogP contribution in [0, 0.1) is 0 Å². The highest BCUT2D eigenvalue weighted by molar-refractivity contribution is 5.91. The molecule has 0 saturated carbocycles. The molecule has 0 aliphatic carbocycles. The number of nitrogen functional groups attached to an aromatic ring is 1. The van der Waals surface area contributed by atoms with Crippen molar-refractivity contribution in [2.75, 3.05) is 23.8 Å². The van der Waals surface area contributed by atoms with E-state index in [1.807, 2.05) is 18.7 Å². The van der Waals surface area contributed by atoms with Crippen LogP contribution in [-0.4, -0.2) is 35.2 Å². The predicted molar refractivity (Wildman–Crippen MR) is 71.4 cm³/mol. The molecule has 18 heavy (non-hydrogen) atoms. The van der Waals surface area contributed by atoms with Gasteiger partial charge in [-0.3, -0.25) is 4.79 Å². The van der Waals surface area contributed by atoms with Gasteiger partial charge in [-0.25, -0.2) is 4.98 Å². The second-order valence-electron chi connectivity index (χ2n) is 4.34. The molecule has 0 aliphatic rings. The third kappa shape index (κ3) is 3.33. The number of rotatable bonds is 6. The third-order valence-electron chi connectivity index (χ3n) is 2.61. The summed E-state index contributed by atoms with van der Waals surface area (Å²) in [6, 6.07) is 3.29. The highest BCUT2D eigenvalue weighted by Gasteiger charge is 2.16. The number of aliphatic hydroxyl groups excluding tert-OH is 1. The van der Waals surface area contributed by atoms with E-state index < -0.39 is 5.91 Å². The van der Waals surface area contributed by atoms with Crippen molar-refractivity contribution in [2.45, 2.75) is 26.3 Å². The Morgan fingerprint density at radius 3 is 2.67 bits per heavy atom. The van der Waals surface area contributed by atoms with Crippen LogP contribution in [0.1, 0.15) is 30.8 Å². The molecule has 6 nitrogen and oxygen atoms in total. The van der Waals surface area contributed by atoms with E-state index in [1.165, 1.54) is 6.07 Å². The van der Waals surface area contributed by atoms with Crippen molar-refractivity contribution in [2.24, 2.45) is 5.73 Å². The van der Waals surface area contributed by atoms with Gasteiger partial charge in [-0.15, -0.1) is 0 Å². The van der Waals surface area contributed by atoms with E-state index >= 15 is 0 Å². The zero-order valence-electron chi connectivity index (χ0n) is 10.8. The number of aliphatic hydroxyl groups is 1. The molecule has 1 aromatic rings. The van der Waals surface area contributed by atoms with Gasteiger partial charge in [0.2, 0.25) is 0 Å². The maximum atomic E-state index is 11.1. The van der Waals surface area contributed by atoms with Crippen molar-refractivity contribution in [1.82, 2.24) is 4.98 Å². The molecule has 0 fully saturated rings. The minimum absolute atomic E-state index is 0.0959. The lowest BCUT2D eigenvalue weighted by Crippen LogP contribution is -2.34. The topological polar surface area (TPSA) is 105 Å². The van der Waals surface area contributed by atoms with Crippen molar-refractivity contribution >= 4 is 17.4 Å². The van der Waals surface area contributed by atoms with E-state index in [1.54, 1.807) is 6.07 Å². The maximum Gasteiger partial charge on any atom is 0.267 e. The Kier molecular flexibility index (Phi) is 4.91. The minimum Gasteiger partial charge on any atom is -0.396 e. The highest BCUT2D eigenvalue weighted by Crippen LogP contribution is 2.23. The van der Waals surface area contributed by atoms with Gasteiger partial charge in [0, 0.05) is 19.2 Å². The molecule has 1 heterocycles. The number of carbonyl (C=O) groups is 1. The average Bonchev–Trinajstić information content (AvgIpc) is 2.31. The van der Waals surface area contributed by atoms with Crippen molar-refractivity contribution in [1.29, 1.82) is 0 Å². The summed E-state index contributed by atoms with van der Waals surface area (Å²) in [5.74, 6) is -0.0446. The number of nitrogens with two attached hydrogens (primary N) is 2. The van der Waals surface area contributed by atoms with Gasteiger partial charge in [0.1, 0.15) is 5.69 Å². The van der Waals surface area contributed by atoms with E-state index in [4.69, 9.17) is 16.6 Å². The Morgan fingerprint density at radius 1 is 1.50 bits per heavy atom. The van der Waals surface area contributed by atoms with Crippen LogP contribution in [0.5, 0.6) is 0 Å². The van der Waals surface area contributed by atoms with Gasteiger partial charge < -0.3 is 21.5 Å². The predicted octanol–water partition coefficient (Wildman–Crippen LogP) is 0.360. The number of hydrogen-bond acceptors (Lipinski definition) is 5. The quantitative estimate of drug-likeness (QED) is 0.678. The Hall–Kier alpha value is -1.82. The van der Waals surface area contributed by atoms with Crippen molar-refractivity contribution in [3.63, 3.8) is 0 Å². The molecular weight excluding hydrogens is 232 g/mol. The fourth-order valence-electron chi connectivity index (χ4n) is 1.68. The van der Waals surface area contributed by atoms with E-state index in [-0.39, 0.29) is 18.3 Å². The lowest BCUT2D eigenvalue weighted by atomic mass is 10.2. The molecular formula is C12H20N4O2. The lowest BCUT2D eigenvalue weighted by molar-refractivity contribution is 0.0995. The highest BCUT2D eigenvalue weighted by atomic mass is 16.3. The van der Waals surface area contributed by atoms with Crippen LogP contribution >= 0.6 is 0 Å². The number of amides is 1. The summed E-state index contributed by atoms with van der Waals surface area (Å²) in [7, 11) is 0. The van der Waals surface area contributed by atoms with Crippen molar-refractivity contribution in [3.05, 3.63) is 17.8 Å². The summed E-state index contributed by atoms with van der Waals surface area (Å²) >= 11 is 0. The molecule has 100 valence electrons. The summed E-state index contributed by atoms with van der Waals surface area (Å²) in [5, 5.41) is 8.90. The molecule has 1 amide bonds. The van der Waals surface area contributed by atoms with Gasteiger partial charge in [0.15, 0.2) is 5.82 Å². The first kappa shape index (κ1) is 14.2. The number of anilines is 2. The first-order valence-electron chi connectivity index (χ1n) is 5.91. The van der Waals surface area contributed by atoms with Crippen LogP contribution in [-0.2, 0) is 0 Å². The van der Waals surface area contributed by atoms with Crippen LogP contribution in [0.4, 0.5) is 11.5 Å². The zero-order valence-corrected chi connectivity index (χ0v) is 10.8. The van der Waals surface area contributed by atoms with Crippen LogP contribution in [0.3, 0.4) is 0 Å². The Balaban J connectivity index is 3.09. The molecule has 0 unspecified atom stereocenters. The third-order valence-corrected chi connectivity index (χ3v) is 2.61. The fourth-order valence-corrected chi connectivity index (χ4v) is 1.68. The molecule has 0 atom stereocenters. The molecule has 0 saturated heterocycles. The van der Waals surface area contributed by atoms with E-state index in [0.29, 0.717) is 24.5 Å². The van der Waals surface area contributed by atoms with Gasteiger partial charge in [-0.05, 0) is 32.4 Å². The Labute approximate surface area is 107 Å². The summed E-state index contributed by atoms with van der Waals surface area (Å²) in [6.45, 7) is 4.71. The van der Waals surface area contributed by atoms with E-state index in [2.05, 4.69) is 4.98 Å². The molecule has 0 aliphatic heterocycles. The van der Waals surface area contributed by atoms with Crippen LogP contribution in [0.25, 0.3) is 0 Å². The molecule has 1 rings (SSSR count). The van der Waals surface area contributed by atoms with Crippen LogP contribution in [0.2, 0.25) is 0 Å². The first-order chi connectivity index (χ1) is 8.47. The van der Waals surface area contributed by atoms with Crippen LogP contribution in [0.15, 0.2) is 12.1 Å². The number of pyridine rings is 1. The fraction of sp³-hybridized carbons (Fsp3) is 0.500. The van der Waals surface area contributed by atoms with E-state index in [9.17, 15) is 4.79 Å². The van der Waals surface area contributed by atoms with Crippen molar-refractivity contribution < 1.29 is 9.90 Å². The largest absolute Gasteiger partial charge is 0.396 e. The van der Waals surface area contributed by atoms with Gasteiger partial charge in [-0.1, -0.05) is 0 Å². The monoisotopic (exact) mass is 252 g/mol. The normalized spacial score (nSPS) is 10.7. The molecule has 1 aromatic heterocycles. The minimum atomic E-state index is -0.581. The van der Waals surface area contributed by atoms with Gasteiger partial charge in [0.25, 0.3) is 5.91 Å². The average molecular weight is 252 g/mol. The SMILES string of the molecule is CC(C)N(CCCO)c1nc(C(N)=O)ccc1N. The molecule has 0 aromatic carbocycles. The van der Waals surface area contributed by atoms with Gasteiger partial charge >= 0.3 is 0 Å². The second kappa shape index (κ2) is 6.20. The molecule has 6 heteroatoms. The van der Waals surface area contributed by atoms with Gasteiger partial charge in [-0.2, -0.15) is 0 Å². The zero-order chi connectivity index (χ0) is 13.7. The Bertz CT molecular complexity index is 421. The maximum absolute atomic E-state index is 11.1. The Morgan fingerprint density at radius 2 is 2.17 bits per heavy atom. The summed E-state index contributed by atoms with van der Waals surface area (Å²) in [5.41, 5.74) is 11.8. The number of primary amides is 1. The number of carbonyl (C=O) groups excluding carboxylic acids is 1. The first-order valence-corrected chi connectivity index (χ1v) is 5.91. The lowest BCUT2D eigenvalue weighted by Gasteiger charge is -2.28. The molecule has 0 bridgehead atoms. The molecule has 0 radical (unpaired) electrons. The molecule has 0 spiro atoms. The molecule has 5 N–H and O–H groups in total. The summed E-state index contributed by atoms with van der Waals surface area (Å²) in [6.07, 6.45) is 0.611. The number of aromatic nitrogens is 1. The van der Waals surface area contributed by atoms with Crippen LogP contribution < -0.4 is 16.4 Å². The summed E-state index contributed by atoms with van der Waals surface area (Å²) in [4.78, 5) is 17.3. The standard InChI is InChI=1S/C12H20N4O2/c1-8(2)16(6-3-7-17)12-9(13)4-5-10(15-12)11(14)18/h4-5,8,17H,3,6-7,13H2,1-2H3,(H2,14,18). The summed E-state index contributed by atoms with van der Waals surface area (Å²) < 4.78 is 0. The number of nitrogens with zero attached hydrogens (tertiary/aromatic N) is 2. The van der Waals surface area contributed by atoms with Crippen molar-refractivity contribution in [3.8, 4) is 0 Å². The second-order valence-corrected chi connectivity index (χ2v) is 4.34.